The molecule has 0 N–H and O–H groups in total. The molecule has 5 rings (SSSR count). The van der Waals surface area contributed by atoms with E-state index in [4.69, 9.17) is 9.72 Å². The van der Waals surface area contributed by atoms with Crippen LogP contribution >= 0.6 is 11.3 Å². The number of hydrogen-bond donors (Lipinski definition) is 0. The normalized spacial score (nSPS) is 16.3. The molecule has 4 heterocycles. The third-order valence-electron chi connectivity index (χ3n) is 6.72. The number of methoxy groups -OCH3 is 1. The molecule has 0 saturated carbocycles. The van der Waals surface area contributed by atoms with E-state index in [1.807, 2.05) is 24.3 Å². The topological polar surface area (TPSA) is 56.8 Å². The molecule has 174 valence electrons. The molecule has 0 radical (unpaired) electrons. The van der Waals surface area contributed by atoms with Crippen LogP contribution in [-0.2, 0) is 0 Å². The maximum Gasteiger partial charge on any atom is 0.137 e. The molecule has 1 saturated heterocycles. The summed E-state index contributed by atoms with van der Waals surface area (Å²) in [6.45, 7) is 6.59. The SMILES string of the molecule is COc1ccc(-c2nc3ccc(-c4ccc(C#N)s4)cn3c2C(C)N2CCCN(C)CC2)cc1. The fraction of sp³-hybridized carbons (Fsp3) is 0.333. The Labute approximate surface area is 204 Å². The molecule has 0 spiro atoms. The summed E-state index contributed by atoms with van der Waals surface area (Å²) in [5, 5.41) is 9.27. The lowest BCUT2D eigenvalue weighted by atomic mass is 10.0. The summed E-state index contributed by atoms with van der Waals surface area (Å²) < 4.78 is 7.63. The first-order valence-electron chi connectivity index (χ1n) is 11.7. The van der Waals surface area contributed by atoms with Gasteiger partial charge < -0.3 is 14.0 Å². The van der Waals surface area contributed by atoms with Crippen molar-refractivity contribution in [1.29, 1.82) is 5.26 Å². The van der Waals surface area contributed by atoms with E-state index < -0.39 is 0 Å². The summed E-state index contributed by atoms with van der Waals surface area (Å²) in [6.07, 6.45) is 3.34. The number of thiophene rings is 1. The van der Waals surface area contributed by atoms with Gasteiger partial charge in [0.15, 0.2) is 0 Å². The summed E-state index contributed by atoms with van der Waals surface area (Å²) in [5.41, 5.74) is 5.32. The highest BCUT2D eigenvalue weighted by Crippen LogP contribution is 2.35. The highest BCUT2D eigenvalue weighted by atomic mass is 32.1. The maximum atomic E-state index is 9.27. The zero-order chi connectivity index (χ0) is 23.7. The Morgan fingerprint density at radius 2 is 1.79 bits per heavy atom. The number of nitrogens with zero attached hydrogens (tertiary/aromatic N) is 5. The summed E-state index contributed by atoms with van der Waals surface area (Å²) >= 11 is 1.52. The number of benzene rings is 1. The fourth-order valence-corrected chi connectivity index (χ4v) is 5.54. The minimum Gasteiger partial charge on any atom is -0.497 e. The van der Waals surface area contributed by atoms with Gasteiger partial charge in [-0.1, -0.05) is 0 Å². The van der Waals surface area contributed by atoms with Gasteiger partial charge in [-0.3, -0.25) is 4.90 Å². The van der Waals surface area contributed by atoms with Crippen molar-refractivity contribution in [1.82, 2.24) is 19.2 Å². The van der Waals surface area contributed by atoms with Crippen molar-refractivity contribution in [2.75, 3.05) is 40.3 Å². The van der Waals surface area contributed by atoms with Crippen LogP contribution in [0.4, 0.5) is 0 Å². The van der Waals surface area contributed by atoms with E-state index in [1.54, 1.807) is 7.11 Å². The lowest BCUT2D eigenvalue weighted by molar-refractivity contribution is 0.213. The molecule has 1 unspecified atom stereocenters. The van der Waals surface area contributed by atoms with Crippen LogP contribution in [0.2, 0.25) is 0 Å². The molecule has 3 aromatic heterocycles. The van der Waals surface area contributed by atoms with Crippen molar-refractivity contribution in [3.63, 3.8) is 0 Å². The predicted molar refractivity (Wildman–Crippen MR) is 137 cm³/mol. The molecule has 4 aromatic rings. The average molecular weight is 472 g/mol. The number of pyridine rings is 1. The molecule has 1 aromatic carbocycles. The second-order valence-corrected chi connectivity index (χ2v) is 9.95. The highest BCUT2D eigenvalue weighted by molar-refractivity contribution is 7.16. The number of nitriles is 1. The van der Waals surface area contributed by atoms with E-state index in [1.165, 1.54) is 17.0 Å². The monoisotopic (exact) mass is 471 g/mol. The first-order valence-corrected chi connectivity index (χ1v) is 12.5. The van der Waals surface area contributed by atoms with Crippen molar-refractivity contribution in [3.8, 4) is 33.5 Å². The van der Waals surface area contributed by atoms with Gasteiger partial charge in [0.1, 0.15) is 22.3 Å². The molecule has 1 atom stereocenters. The summed E-state index contributed by atoms with van der Waals surface area (Å²) in [6, 6.07) is 18.7. The van der Waals surface area contributed by atoms with Gasteiger partial charge in [-0.2, -0.15) is 5.26 Å². The van der Waals surface area contributed by atoms with Crippen LogP contribution in [0.3, 0.4) is 0 Å². The van der Waals surface area contributed by atoms with Crippen LogP contribution in [-0.4, -0.2) is 59.5 Å². The Kier molecular flexibility index (Phi) is 6.38. The Balaban J connectivity index is 1.64. The van der Waals surface area contributed by atoms with E-state index in [9.17, 15) is 5.26 Å². The second kappa shape index (κ2) is 9.59. The van der Waals surface area contributed by atoms with Gasteiger partial charge >= 0.3 is 0 Å². The van der Waals surface area contributed by atoms with Crippen LogP contribution in [0, 0.1) is 11.3 Å². The van der Waals surface area contributed by atoms with Crippen molar-refractivity contribution < 1.29 is 4.74 Å². The number of ether oxygens (including phenoxy) is 1. The molecule has 1 aliphatic heterocycles. The van der Waals surface area contributed by atoms with Gasteiger partial charge in [0.2, 0.25) is 0 Å². The van der Waals surface area contributed by atoms with Crippen LogP contribution in [0.15, 0.2) is 54.7 Å². The quantitative estimate of drug-likeness (QED) is 0.395. The zero-order valence-corrected chi connectivity index (χ0v) is 20.7. The Hall–Kier alpha value is -3.18. The first kappa shape index (κ1) is 22.6. The Bertz CT molecular complexity index is 1330. The third-order valence-corrected chi connectivity index (χ3v) is 7.76. The largest absolute Gasteiger partial charge is 0.497 e. The average Bonchev–Trinajstić information content (AvgIpc) is 3.44. The van der Waals surface area contributed by atoms with E-state index in [-0.39, 0.29) is 6.04 Å². The van der Waals surface area contributed by atoms with Gasteiger partial charge in [-0.05, 0) is 75.5 Å². The predicted octanol–water partition coefficient (Wildman–Crippen LogP) is 5.31. The van der Waals surface area contributed by atoms with E-state index >= 15 is 0 Å². The smallest absolute Gasteiger partial charge is 0.137 e. The lowest BCUT2D eigenvalue weighted by Crippen LogP contribution is -2.32. The van der Waals surface area contributed by atoms with Crippen LogP contribution in [0.25, 0.3) is 27.3 Å². The van der Waals surface area contributed by atoms with E-state index in [0.717, 1.165) is 70.6 Å². The molecule has 0 bridgehead atoms. The second-order valence-electron chi connectivity index (χ2n) is 8.86. The molecular weight excluding hydrogens is 442 g/mol. The van der Waals surface area contributed by atoms with Gasteiger partial charge in [0.25, 0.3) is 0 Å². The number of hydrogen-bond acceptors (Lipinski definition) is 6. The minimum atomic E-state index is 0.201. The number of likely N-dealkylation sites (N-methyl/N-ethyl adjacent to an activating group) is 1. The molecule has 1 fully saturated rings. The molecule has 7 heteroatoms. The van der Waals surface area contributed by atoms with Crippen molar-refractivity contribution in [3.05, 3.63) is 65.3 Å². The molecule has 34 heavy (non-hydrogen) atoms. The van der Waals surface area contributed by atoms with Crippen LogP contribution < -0.4 is 4.74 Å². The number of rotatable bonds is 5. The van der Waals surface area contributed by atoms with Crippen molar-refractivity contribution in [2.24, 2.45) is 0 Å². The zero-order valence-electron chi connectivity index (χ0n) is 19.9. The Morgan fingerprint density at radius 3 is 2.53 bits per heavy atom. The van der Waals surface area contributed by atoms with Gasteiger partial charge in [0.05, 0.1) is 18.5 Å². The molecular formula is C27H29N5OS. The molecule has 0 aliphatic carbocycles. The first-order chi connectivity index (χ1) is 16.6. The van der Waals surface area contributed by atoms with Crippen molar-refractivity contribution >= 4 is 17.0 Å². The maximum absolute atomic E-state index is 9.27. The number of fused-ring (bicyclic) bond motifs is 1. The lowest BCUT2D eigenvalue weighted by Gasteiger charge is -2.28. The van der Waals surface area contributed by atoms with Gasteiger partial charge in [-0.15, -0.1) is 11.3 Å². The van der Waals surface area contributed by atoms with Crippen LogP contribution in [0.1, 0.15) is 30.0 Å². The fourth-order valence-electron chi connectivity index (χ4n) is 4.75. The summed E-state index contributed by atoms with van der Waals surface area (Å²) in [7, 11) is 3.89. The van der Waals surface area contributed by atoms with E-state index in [2.05, 4.69) is 64.7 Å². The standard InChI is InChI=1S/C27H29N5OS/c1-19(31-14-4-13-30(2)15-16-31)27-26(20-5-8-22(33-3)9-6-20)29-25-12-7-21(18-32(25)27)24-11-10-23(17-28)34-24/h5-12,18-19H,4,13-16H2,1-3H3. The summed E-state index contributed by atoms with van der Waals surface area (Å²) in [4.78, 5) is 11.9. The number of imidazole rings is 1. The highest BCUT2D eigenvalue weighted by Gasteiger charge is 2.26. The van der Waals surface area contributed by atoms with Gasteiger partial charge in [-0.25, -0.2) is 4.98 Å². The number of aromatic nitrogens is 2. The van der Waals surface area contributed by atoms with Crippen LogP contribution in [0.5, 0.6) is 5.75 Å². The minimum absolute atomic E-state index is 0.201. The summed E-state index contributed by atoms with van der Waals surface area (Å²) in [5.74, 6) is 0.839. The van der Waals surface area contributed by atoms with Crippen molar-refractivity contribution in [2.45, 2.75) is 19.4 Å². The molecule has 1 aliphatic rings. The molecule has 6 nitrogen and oxygen atoms in total. The Morgan fingerprint density at radius 1 is 1.00 bits per heavy atom. The van der Waals surface area contributed by atoms with Gasteiger partial charge in [0, 0.05) is 47.9 Å². The molecule has 0 amide bonds. The van der Waals surface area contributed by atoms with E-state index in [0.29, 0.717) is 0 Å². The third kappa shape index (κ3) is 4.32.